The Balaban J connectivity index is 1.34. The molecule has 3 aliphatic heterocycles. The minimum absolute atomic E-state index is 0.115. The maximum Gasteiger partial charge on any atom is 0.229 e. The quantitative estimate of drug-likeness (QED) is 0.410. The second-order valence-electron chi connectivity index (χ2n) is 13.0. The second kappa shape index (κ2) is 10.3. The number of pyridine rings is 1. The second-order valence-corrected chi connectivity index (χ2v) is 15.5. The Labute approximate surface area is 243 Å². The molecule has 5 heterocycles. The first-order valence-corrected chi connectivity index (χ1v) is 16.7. The molecule has 0 unspecified atom stereocenters. The van der Waals surface area contributed by atoms with Gasteiger partial charge in [0.25, 0.3) is 0 Å². The van der Waals surface area contributed by atoms with Crippen LogP contribution < -0.4 is 10.2 Å². The molecule has 2 fully saturated rings. The van der Waals surface area contributed by atoms with Crippen molar-refractivity contribution in [2.75, 3.05) is 49.5 Å². The summed E-state index contributed by atoms with van der Waals surface area (Å²) in [6, 6.07) is 12.3. The third kappa shape index (κ3) is 5.69. The number of piperidine rings is 1. The van der Waals surface area contributed by atoms with Gasteiger partial charge in [0, 0.05) is 56.7 Å². The van der Waals surface area contributed by atoms with Crippen LogP contribution in [0.1, 0.15) is 57.2 Å². The molecule has 1 N–H and O–H groups in total. The number of aromatic nitrogens is 3. The van der Waals surface area contributed by atoms with Crippen molar-refractivity contribution in [1.29, 1.82) is 0 Å². The van der Waals surface area contributed by atoms with Crippen LogP contribution in [-0.2, 0) is 19.9 Å². The summed E-state index contributed by atoms with van der Waals surface area (Å²) in [6.45, 7) is 9.33. The lowest BCUT2D eigenvalue weighted by atomic mass is 9.73. The zero-order valence-corrected chi connectivity index (χ0v) is 25.7. The highest BCUT2D eigenvalue weighted by molar-refractivity contribution is 7.92. The van der Waals surface area contributed by atoms with Gasteiger partial charge in [0.05, 0.1) is 35.8 Å². The van der Waals surface area contributed by atoms with Crippen molar-refractivity contribution in [3.05, 3.63) is 60.0 Å². The SMILES string of the molecule is CN1CCC(c2ccc(Nc3ncc4c(n3)N(c3cccc(N=S(C)(C)=O)c3)[C@@H]3CC(C)(C)OC[C@]43C)cn2)CC1. The molecular weight excluding hydrogens is 534 g/mol. The Morgan fingerprint density at radius 3 is 2.56 bits per heavy atom. The van der Waals surface area contributed by atoms with Crippen molar-refractivity contribution in [2.45, 2.75) is 63.0 Å². The van der Waals surface area contributed by atoms with Gasteiger partial charge in [-0.25, -0.2) is 9.19 Å². The average molecular weight is 576 g/mol. The fraction of sp³-hybridized carbons (Fsp3) is 0.516. The molecule has 0 radical (unpaired) electrons. The minimum atomic E-state index is -2.29. The number of likely N-dealkylation sites (tertiary alicyclic amines) is 1. The summed E-state index contributed by atoms with van der Waals surface area (Å²) in [6.07, 6.45) is 10.2. The molecule has 2 saturated heterocycles. The van der Waals surface area contributed by atoms with Gasteiger partial charge in [-0.1, -0.05) is 13.0 Å². The van der Waals surface area contributed by atoms with Gasteiger partial charge >= 0.3 is 0 Å². The van der Waals surface area contributed by atoms with Crippen LogP contribution in [0.5, 0.6) is 0 Å². The lowest BCUT2D eigenvalue weighted by molar-refractivity contribution is -0.0892. The van der Waals surface area contributed by atoms with Gasteiger partial charge in [0.15, 0.2) is 0 Å². The Bertz CT molecular complexity index is 1550. The number of nitrogens with zero attached hydrogens (tertiary/aromatic N) is 6. The molecule has 0 saturated carbocycles. The van der Waals surface area contributed by atoms with Gasteiger partial charge in [-0.15, -0.1) is 0 Å². The van der Waals surface area contributed by atoms with Crippen LogP contribution in [0.2, 0.25) is 0 Å². The molecule has 10 heteroatoms. The number of ether oxygens (including phenoxy) is 1. The average Bonchev–Trinajstić information content (AvgIpc) is 3.15. The monoisotopic (exact) mass is 575 g/mol. The molecule has 0 amide bonds. The zero-order chi connectivity index (χ0) is 29.0. The van der Waals surface area contributed by atoms with Crippen molar-refractivity contribution in [2.24, 2.45) is 4.36 Å². The van der Waals surface area contributed by atoms with Crippen molar-refractivity contribution < 1.29 is 8.95 Å². The van der Waals surface area contributed by atoms with Crippen LogP contribution >= 0.6 is 0 Å². The van der Waals surface area contributed by atoms with Gasteiger partial charge in [0.1, 0.15) is 5.82 Å². The van der Waals surface area contributed by atoms with Gasteiger partial charge in [-0.3, -0.25) is 4.98 Å². The molecule has 41 heavy (non-hydrogen) atoms. The van der Waals surface area contributed by atoms with Crippen molar-refractivity contribution >= 4 is 38.6 Å². The molecule has 218 valence electrons. The van der Waals surface area contributed by atoms with Gasteiger partial charge in [-0.05, 0) is 83.6 Å². The Hall–Kier alpha value is -3.08. The number of hydrogen-bond acceptors (Lipinski definition) is 9. The van der Waals surface area contributed by atoms with E-state index in [1.807, 2.05) is 30.6 Å². The van der Waals surface area contributed by atoms with Gasteiger partial charge in [0.2, 0.25) is 5.95 Å². The fourth-order valence-corrected chi connectivity index (χ4v) is 7.02. The molecule has 9 nitrogen and oxygen atoms in total. The highest BCUT2D eigenvalue weighted by atomic mass is 32.2. The van der Waals surface area contributed by atoms with Crippen LogP contribution in [0.3, 0.4) is 0 Å². The summed E-state index contributed by atoms with van der Waals surface area (Å²) in [5.74, 6) is 1.89. The number of fused-ring (bicyclic) bond motifs is 3. The van der Waals surface area contributed by atoms with E-state index in [9.17, 15) is 4.21 Å². The molecule has 0 aliphatic carbocycles. The first-order valence-electron chi connectivity index (χ1n) is 14.4. The number of benzene rings is 1. The topological polar surface area (TPSA) is 95.8 Å². The molecular formula is C31H41N7O2S. The fourth-order valence-electron chi connectivity index (χ4n) is 6.40. The van der Waals surface area contributed by atoms with E-state index in [0.717, 1.165) is 60.8 Å². The molecule has 6 rings (SSSR count). The zero-order valence-electron chi connectivity index (χ0n) is 24.9. The van der Waals surface area contributed by atoms with E-state index < -0.39 is 9.73 Å². The number of anilines is 4. The lowest BCUT2D eigenvalue weighted by Gasteiger charge is -2.46. The first kappa shape index (κ1) is 28.1. The van der Waals surface area contributed by atoms with Gasteiger partial charge in [-0.2, -0.15) is 9.35 Å². The third-order valence-electron chi connectivity index (χ3n) is 8.72. The molecule has 2 atom stereocenters. The largest absolute Gasteiger partial charge is 0.374 e. The predicted octanol–water partition coefficient (Wildman–Crippen LogP) is 5.76. The van der Waals surface area contributed by atoms with E-state index in [-0.39, 0.29) is 17.1 Å². The summed E-state index contributed by atoms with van der Waals surface area (Å²) in [5.41, 5.74) is 4.19. The molecule has 1 aromatic carbocycles. The summed E-state index contributed by atoms with van der Waals surface area (Å²) in [4.78, 5) is 19.3. The van der Waals surface area contributed by atoms with E-state index in [4.69, 9.17) is 19.7 Å². The number of hydrogen-bond donors (Lipinski definition) is 1. The highest BCUT2D eigenvalue weighted by Crippen LogP contribution is 2.53. The van der Waals surface area contributed by atoms with Gasteiger partial charge < -0.3 is 19.9 Å². The maximum atomic E-state index is 12.5. The smallest absolute Gasteiger partial charge is 0.229 e. The number of nitrogens with one attached hydrogen (secondary N) is 1. The van der Waals surface area contributed by atoms with E-state index >= 15 is 0 Å². The molecule has 0 bridgehead atoms. The first-order chi connectivity index (χ1) is 19.4. The lowest BCUT2D eigenvalue weighted by Crippen LogP contribution is -2.54. The van der Waals surface area contributed by atoms with Crippen LogP contribution in [0.4, 0.5) is 28.8 Å². The normalized spacial score (nSPS) is 24.5. The Morgan fingerprint density at radius 1 is 1.07 bits per heavy atom. The number of rotatable bonds is 5. The van der Waals surface area contributed by atoms with Crippen LogP contribution in [-0.4, -0.2) is 75.0 Å². The van der Waals surface area contributed by atoms with E-state index in [0.29, 0.717) is 24.2 Å². The summed E-state index contributed by atoms with van der Waals surface area (Å²) < 4.78 is 23.3. The molecule has 3 aliphatic rings. The Kier molecular flexibility index (Phi) is 7.07. The van der Waals surface area contributed by atoms with Crippen molar-refractivity contribution in [3.63, 3.8) is 0 Å². The maximum absolute atomic E-state index is 12.5. The van der Waals surface area contributed by atoms with Crippen LogP contribution in [0.15, 0.2) is 53.2 Å². The predicted molar refractivity (Wildman–Crippen MR) is 165 cm³/mol. The van der Waals surface area contributed by atoms with Crippen LogP contribution in [0, 0.1) is 0 Å². The standard InChI is InChI=1S/C31H41N7O2S/c1-30(2)17-27-31(3,20-40-30)25-19-33-29(34-23-10-11-26(32-18-23)21-12-14-37(4)15-13-21)35-28(25)38(27)24-9-7-8-22(16-24)36-41(5,6)39/h7-11,16,18-19,21,27H,12-15,17,20H2,1-6H3,(H,33,34,35)/t27-,31-/m1/s1. The Morgan fingerprint density at radius 2 is 1.85 bits per heavy atom. The summed E-state index contributed by atoms with van der Waals surface area (Å²) in [5, 5.41) is 3.39. The summed E-state index contributed by atoms with van der Waals surface area (Å²) >= 11 is 0. The van der Waals surface area contributed by atoms with E-state index in [1.54, 1.807) is 12.5 Å². The molecule has 0 spiro atoms. The summed E-state index contributed by atoms with van der Waals surface area (Å²) in [7, 11) is -0.115. The van der Waals surface area contributed by atoms with Crippen molar-refractivity contribution in [3.8, 4) is 0 Å². The van der Waals surface area contributed by atoms with E-state index in [2.05, 4.69) is 65.5 Å². The van der Waals surface area contributed by atoms with Crippen molar-refractivity contribution in [1.82, 2.24) is 19.9 Å². The van der Waals surface area contributed by atoms with E-state index in [1.165, 1.54) is 0 Å². The third-order valence-corrected chi connectivity index (χ3v) is 9.37. The molecule has 3 aromatic rings. The van der Waals surface area contributed by atoms with Crippen LogP contribution in [0.25, 0.3) is 0 Å². The highest BCUT2D eigenvalue weighted by Gasteiger charge is 2.55. The minimum Gasteiger partial charge on any atom is -0.374 e. The molecule has 2 aromatic heterocycles.